The molecule has 1 rings (SSSR count). The molecule has 25 heavy (non-hydrogen) atoms. The molecule has 1 atom stereocenters. The number of rotatable bonds is 1. The van der Waals surface area contributed by atoms with Gasteiger partial charge in [-0.05, 0) is 67.6 Å². The van der Waals surface area contributed by atoms with Gasteiger partial charge in [-0.25, -0.2) is 0 Å². The average Bonchev–Trinajstić information content (AvgIpc) is 2.33. The summed E-state index contributed by atoms with van der Waals surface area (Å²) in [5.74, 6) is 3.43. The molecule has 0 bridgehead atoms. The van der Waals surface area contributed by atoms with E-state index in [0.29, 0.717) is 8.58 Å². The fourth-order valence-electron chi connectivity index (χ4n) is 2.67. The maximum Gasteiger partial charge on any atom is 0.0233 e. The van der Waals surface area contributed by atoms with E-state index in [4.69, 9.17) is 0 Å². The van der Waals surface area contributed by atoms with Gasteiger partial charge in [0.05, 0.1) is 0 Å². The van der Waals surface area contributed by atoms with Crippen LogP contribution in [-0.4, -0.2) is 0 Å². The zero-order chi connectivity index (χ0) is 19.8. The van der Waals surface area contributed by atoms with Gasteiger partial charge in [-0.3, -0.25) is 0 Å². The van der Waals surface area contributed by atoms with Crippen molar-refractivity contribution in [2.75, 3.05) is 0 Å². The van der Waals surface area contributed by atoms with Gasteiger partial charge in [0, 0.05) is 5.41 Å². The summed E-state index contributed by atoms with van der Waals surface area (Å²) in [5.41, 5.74) is 8.31. The molecule has 0 aliphatic rings. The van der Waals surface area contributed by atoms with E-state index in [9.17, 15) is 0 Å². The molecule has 0 amide bonds. The highest BCUT2D eigenvalue weighted by molar-refractivity contribution is 7.52. The number of hydrogen-bond acceptors (Lipinski definition) is 0. The minimum atomic E-state index is 0.0577. The van der Waals surface area contributed by atoms with Crippen LogP contribution in [0, 0.1) is 17.0 Å². The van der Waals surface area contributed by atoms with E-state index in [-0.39, 0.29) is 21.7 Å². The molecule has 0 saturated heterocycles. The normalized spacial score (nSPS) is 13.9. The first kappa shape index (κ1) is 22.3. The Morgan fingerprint density at radius 1 is 0.640 bits per heavy atom. The molecule has 1 aromatic carbocycles. The first-order chi connectivity index (χ1) is 10.9. The van der Waals surface area contributed by atoms with Crippen molar-refractivity contribution in [1.29, 1.82) is 0 Å². The first-order valence-electron chi connectivity index (χ1n) is 9.40. The van der Waals surface area contributed by atoms with E-state index in [1.807, 2.05) is 0 Å². The fourth-order valence-corrected chi connectivity index (χ4v) is 4.40. The van der Waals surface area contributed by atoms with Gasteiger partial charge >= 0.3 is 0 Å². The second kappa shape index (κ2) is 7.08. The van der Waals surface area contributed by atoms with Crippen molar-refractivity contribution in [2.45, 2.75) is 99.3 Å². The van der Waals surface area contributed by atoms with Gasteiger partial charge in [-0.15, -0.1) is 0 Å². The van der Waals surface area contributed by atoms with Crippen LogP contribution >= 0.6 is 8.58 Å². The Hall–Kier alpha value is -0.790. The van der Waals surface area contributed by atoms with Crippen molar-refractivity contribution in [1.82, 2.24) is 0 Å². The van der Waals surface area contributed by atoms with Crippen molar-refractivity contribution in [3.05, 3.63) is 28.8 Å². The molecule has 0 aromatic heterocycles. The molecule has 0 N–H and O–H groups in total. The van der Waals surface area contributed by atoms with Crippen LogP contribution in [0.2, 0.25) is 0 Å². The third-order valence-electron chi connectivity index (χ3n) is 4.25. The van der Waals surface area contributed by atoms with Crippen molar-refractivity contribution in [2.24, 2.45) is 5.41 Å². The maximum atomic E-state index is 3.50. The van der Waals surface area contributed by atoms with Crippen molar-refractivity contribution < 1.29 is 0 Å². The van der Waals surface area contributed by atoms with Crippen LogP contribution in [0.5, 0.6) is 0 Å². The summed E-state index contributed by atoms with van der Waals surface area (Å²) in [4.78, 5) is 0. The molecule has 0 saturated carbocycles. The largest absolute Gasteiger partial charge is 0.0927 e. The highest BCUT2D eigenvalue weighted by atomic mass is 31.1. The Bertz CT molecular complexity index is 633. The molecule has 0 aliphatic heterocycles. The zero-order valence-corrected chi connectivity index (χ0v) is 19.7. The Morgan fingerprint density at radius 3 is 1.32 bits per heavy atom. The van der Waals surface area contributed by atoms with Crippen LogP contribution in [0.3, 0.4) is 0 Å². The molecule has 1 aromatic rings. The Kier molecular flexibility index (Phi) is 6.30. The topological polar surface area (TPSA) is 0 Å². The predicted molar refractivity (Wildman–Crippen MR) is 118 cm³/mol. The summed E-state index contributed by atoms with van der Waals surface area (Å²) >= 11 is 0. The van der Waals surface area contributed by atoms with Crippen molar-refractivity contribution in [3.63, 3.8) is 0 Å². The van der Waals surface area contributed by atoms with Gasteiger partial charge in [0.1, 0.15) is 0 Å². The second-order valence-corrected chi connectivity index (χ2v) is 12.3. The van der Waals surface area contributed by atoms with Gasteiger partial charge in [0.25, 0.3) is 0 Å². The van der Waals surface area contributed by atoms with E-state index in [2.05, 4.69) is 107 Å². The lowest BCUT2D eigenvalue weighted by Crippen LogP contribution is -2.30. The van der Waals surface area contributed by atoms with Crippen molar-refractivity contribution >= 4 is 13.9 Å². The van der Waals surface area contributed by atoms with Crippen LogP contribution in [0.4, 0.5) is 0 Å². The molecular formula is C24H39P. The van der Waals surface area contributed by atoms with Gasteiger partial charge < -0.3 is 0 Å². The van der Waals surface area contributed by atoms with Gasteiger partial charge in [-0.2, -0.15) is 0 Å². The lowest BCUT2D eigenvalue weighted by molar-refractivity contribution is 0.554. The monoisotopic (exact) mass is 358 g/mol. The summed E-state index contributed by atoms with van der Waals surface area (Å²) in [6, 6.07) is 4.88. The molecule has 1 heteroatoms. The molecule has 1 unspecified atom stereocenters. The Labute approximate surface area is 159 Å². The number of benzene rings is 1. The van der Waals surface area contributed by atoms with E-state index in [1.165, 1.54) is 22.0 Å². The standard InChI is InChI=1S/C24H39P/c1-21(2,3)13-14-25-20-18(23(7,8)9)15-17(22(4,5)6)16-19(20)24(10,11)12/h15-16,25H,1-12H3. The van der Waals surface area contributed by atoms with Crippen LogP contribution in [-0.2, 0) is 16.2 Å². The molecule has 0 nitrogen and oxygen atoms in total. The third-order valence-corrected chi connectivity index (χ3v) is 5.28. The molecule has 0 fully saturated rings. The van der Waals surface area contributed by atoms with Crippen LogP contribution in [0.25, 0.3) is 0 Å². The van der Waals surface area contributed by atoms with E-state index < -0.39 is 0 Å². The van der Waals surface area contributed by atoms with Crippen LogP contribution in [0.1, 0.15) is 99.8 Å². The Morgan fingerprint density at radius 2 is 1.04 bits per heavy atom. The van der Waals surface area contributed by atoms with E-state index in [1.54, 1.807) is 0 Å². The van der Waals surface area contributed by atoms with E-state index in [0.717, 1.165) is 0 Å². The summed E-state index contributed by atoms with van der Waals surface area (Å²) in [7, 11) is 0.541. The SMILES string of the molecule is CC(C)(C)C#CPc1c(C(C)(C)C)cc(C(C)(C)C)cc1C(C)(C)C. The summed E-state index contributed by atoms with van der Waals surface area (Å²) in [6.45, 7) is 27.4. The molecular weight excluding hydrogens is 319 g/mol. The molecule has 0 spiro atoms. The highest BCUT2D eigenvalue weighted by Crippen LogP contribution is 2.36. The quantitative estimate of drug-likeness (QED) is 0.379. The zero-order valence-electron chi connectivity index (χ0n) is 18.7. The molecule has 140 valence electrons. The lowest BCUT2D eigenvalue weighted by atomic mass is 9.75. The van der Waals surface area contributed by atoms with E-state index >= 15 is 0 Å². The van der Waals surface area contributed by atoms with Crippen LogP contribution < -0.4 is 5.30 Å². The Balaban J connectivity index is 3.73. The lowest BCUT2D eigenvalue weighted by Gasteiger charge is -2.33. The summed E-state index contributed by atoms with van der Waals surface area (Å²) in [5, 5.41) is 1.46. The average molecular weight is 359 g/mol. The first-order valence-corrected chi connectivity index (χ1v) is 10.4. The number of hydrogen-bond donors (Lipinski definition) is 0. The van der Waals surface area contributed by atoms with Crippen molar-refractivity contribution in [3.8, 4) is 11.6 Å². The molecule has 0 radical (unpaired) electrons. The highest BCUT2D eigenvalue weighted by Gasteiger charge is 2.28. The smallest absolute Gasteiger partial charge is 0.0233 e. The maximum absolute atomic E-state index is 3.50. The molecule has 0 heterocycles. The van der Waals surface area contributed by atoms with Gasteiger partial charge in [-0.1, -0.05) is 86.0 Å². The second-order valence-electron chi connectivity index (χ2n) is 11.3. The van der Waals surface area contributed by atoms with Gasteiger partial charge in [0.15, 0.2) is 0 Å². The fraction of sp³-hybridized carbons (Fsp3) is 0.667. The minimum Gasteiger partial charge on any atom is -0.0927 e. The van der Waals surface area contributed by atoms with Crippen LogP contribution in [0.15, 0.2) is 12.1 Å². The third kappa shape index (κ3) is 6.46. The summed E-state index contributed by atoms with van der Waals surface area (Å²) in [6.07, 6.45) is 0. The van der Waals surface area contributed by atoms with Gasteiger partial charge in [0.2, 0.25) is 0 Å². The minimum absolute atomic E-state index is 0.0577. The predicted octanol–water partition coefficient (Wildman–Crippen LogP) is 6.89. The summed E-state index contributed by atoms with van der Waals surface area (Å²) < 4.78 is 0. The molecule has 0 aliphatic carbocycles.